The fourth-order valence-electron chi connectivity index (χ4n) is 3.94. The lowest BCUT2D eigenvalue weighted by molar-refractivity contribution is -0.132. The van der Waals surface area contributed by atoms with E-state index in [1.165, 1.54) is 42.3 Å². The Morgan fingerprint density at radius 3 is 2.29 bits per heavy atom. The van der Waals surface area contributed by atoms with Crippen LogP contribution in [0.25, 0.3) is 5.76 Å². The van der Waals surface area contributed by atoms with Gasteiger partial charge in [-0.15, -0.1) is 0 Å². The minimum Gasteiger partial charge on any atom is -0.507 e. The number of aromatic hydroxyl groups is 1. The lowest BCUT2D eigenvalue weighted by Crippen LogP contribution is -2.29. The number of Topliss-reactive ketones (excluding diaryl/α,β-unsaturated/α-hetero) is 1. The molecule has 1 fully saturated rings. The molecule has 3 aromatic rings. The van der Waals surface area contributed by atoms with Crippen LogP contribution in [0.15, 0.2) is 66.2 Å². The minimum atomic E-state index is -1.05. The van der Waals surface area contributed by atoms with Crippen LogP contribution in [0.2, 0.25) is 10.0 Å². The van der Waals surface area contributed by atoms with Crippen LogP contribution >= 0.6 is 23.2 Å². The molecule has 1 aliphatic heterocycles. The van der Waals surface area contributed by atoms with E-state index in [2.05, 4.69) is 0 Å². The number of aliphatic hydroxyl groups is 1. The maximum Gasteiger partial charge on any atom is 0.300 e. The highest BCUT2D eigenvalue weighted by Gasteiger charge is 2.47. The average molecular weight is 514 g/mol. The molecule has 1 amide bonds. The van der Waals surface area contributed by atoms with E-state index in [0.717, 1.165) is 0 Å². The number of carbonyl (C=O) groups is 2. The van der Waals surface area contributed by atoms with Gasteiger partial charge in [-0.05, 0) is 67.1 Å². The summed E-state index contributed by atoms with van der Waals surface area (Å²) in [5, 5.41) is 21.4. The zero-order valence-corrected chi connectivity index (χ0v) is 20.3. The van der Waals surface area contributed by atoms with Crippen LogP contribution in [0, 0.1) is 0 Å². The summed E-state index contributed by atoms with van der Waals surface area (Å²) in [5.41, 5.74) is 0.764. The summed E-state index contributed by atoms with van der Waals surface area (Å²) in [5.74, 6) is -1.36. The van der Waals surface area contributed by atoms with Gasteiger partial charge in [-0.25, -0.2) is 0 Å². The number of aliphatic hydroxyl groups excluding tert-OH is 1. The SMILES string of the molecule is CCOc1ccc(Cl)c(/C(O)=C2\C(=O)C(=O)N(c3ccc(OC)cc3)C2c2ccc(O)c(Cl)c2)c1. The van der Waals surface area contributed by atoms with Crippen molar-refractivity contribution in [3.8, 4) is 17.2 Å². The van der Waals surface area contributed by atoms with Crippen LogP contribution in [-0.2, 0) is 9.59 Å². The number of benzene rings is 3. The highest BCUT2D eigenvalue weighted by Crippen LogP contribution is 2.44. The van der Waals surface area contributed by atoms with Gasteiger partial charge in [0.15, 0.2) is 0 Å². The Hall–Kier alpha value is -3.68. The van der Waals surface area contributed by atoms with Gasteiger partial charge in [0.25, 0.3) is 11.7 Å². The number of halogens is 2. The summed E-state index contributed by atoms with van der Waals surface area (Å²) in [4.78, 5) is 27.8. The normalized spacial score (nSPS) is 17.0. The molecule has 35 heavy (non-hydrogen) atoms. The average Bonchev–Trinajstić information content (AvgIpc) is 3.12. The van der Waals surface area contributed by atoms with E-state index in [0.29, 0.717) is 29.4 Å². The number of ketones is 1. The fourth-order valence-corrected chi connectivity index (χ4v) is 4.33. The molecule has 0 spiro atoms. The van der Waals surface area contributed by atoms with Gasteiger partial charge in [0, 0.05) is 11.3 Å². The van der Waals surface area contributed by atoms with Gasteiger partial charge in [-0.1, -0.05) is 29.3 Å². The predicted octanol–water partition coefficient (Wildman–Crippen LogP) is 5.73. The number of amides is 1. The van der Waals surface area contributed by atoms with Crippen molar-refractivity contribution in [2.75, 3.05) is 18.6 Å². The van der Waals surface area contributed by atoms with Crippen LogP contribution in [0.1, 0.15) is 24.1 Å². The van der Waals surface area contributed by atoms with Crippen molar-refractivity contribution in [1.82, 2.24) is 0 Å². The van der Waals surface area contributed by atoms with Gasteiger partial charge in [-0.2, -0.15) is 0 Å². The molecule has 9 heteroatoms. The number of anilines is 1. The van der Waals surface area contributed by atoms with Gasteiger partial charge in [0.05, 0.1) is 35.4 Å². The van der Waals surface area contributed by atoms with E-state index < -0.39 is 23.5 Å². The van der Waals surface area contributed by atoms with Crippen molar-refractivity contribution in [2.24, 2.45) is 0 Å². The zero-order valence-electron chi connectivity index (χ0n) is 18.8. The van der Waals surface area contributed by atoms with E-state index in [1.807, 2.05) is 6.92 Å². The molecule has 0 saturated carbocycles. The molecule has 180 valence electrons. The molecular formula is C26H21Cl2NO6. The van der Waals surface area contributed by atoms with Crippen LogP contribution in [0.5, 0.6) is 17.2 Å². The first-order valence-corrected chi connectivity index (χ1v) is 11.4. The summed E-state index contributed by atoms with van der Waals surface area (Å²) >= 11 is 12.5. The van der Waals surface area contributed by atoms with E-state index in [-0.39, 0.29) is 26.9 Å². The number of ether oxygens (including phenoxy) is 2. The van der Waals surface area contributed by atoms with Gasteiger partial charge in [0.2, 0.25) is 0 Å². The first-order chi connectivity index (χ1) is 16.8. The Kier molecular flexibility index (Phi) is 6.91. The standard InChI is InChI=1S/C26H21Cl2NO6/c1-3-35-17-9-10-19(27)18(13-17)24(31)22-23(14-4-11-21(30)20(28)12-14)29(26(33)25(22)32)15-5-7-16(34-2)8-6-15/h4-13,23,30-31H,3H2,1-2H3/b24-22+. The molecule has 0 aliphatic carbocycles. The summed E-state index contributed by atoms with van der Waals surface area (Å²) in [7, 11) is 1.51. The number of hydrogen-bond acceptors (Lipinski definition) is 6. The lowest BCUT2D eigenvalue weighted by Gasteiger charge is -2.26. The molecule has 1 heterocycles. The second-order valence-electron chi connectivity index (χ2n) is 7.65. The van der Waals surface area contributed by atoms with Gasteiger partial charge in [-0.3, -0.25) is 14.5 Å². The molecule has 0 radical (unpaired) electrons. The smallest absolute Gasteiger partial charge is 0.300 e. The highest BCUT2D eigenvalue weighted by atomic mass is 35.5. The van der Waals surface area contributed by atoms with Gasteiger partial charge < -0.3 is 19.7 Å². The van der Waals surface area contributed by atoms with E-state index in [9.17, 15) is 19.8 Å². The Balaban J connectivity index is 1.95. The monoisotopic (exact) mass is 513 g/mol. The lowest BCUT2D eigenvalue weighted by atomic mass is 9.95. The van der Waals surface area contributed by atoms with E-state index in [1.54, 1.807) is 30.3 Å². The van der Waals surface area contributed by atoms with Crippen molar-refractivity contribution in [3.05, 3.63) is 87.4 Å². The summed E-state index contributed by atoms with van der Waals surface area (Å²) in [6.45, 7) is 2.19. The number of phenolic OH excluding ortho intramolecular Hbond substituents is 1. The maximum absolute atomic E-state index is 13.3. The molecule has 4 rings (SSSR count). The molecule has 0 bridgehead atoms. The second-order valence-corrected chi connectivity index (χ2v) is 8.47. The largest absolute Gasteiger partial charge is 0.507 e. The topological polar surface area (TPSA) is 96.3 Å². The molecule has 1 aliphatic rings. The van der Waals surface area contributed by atoms with Crippen LogP contribution < -0.4 is 14.4 Å². The Labute approximate surface area is 211 Å². The summed E-state index contributed by atoms with van der Waals surface area (Å²) < 4.78 is 10.7. The Morgan fingerprint density at radius 2 is 1.66 bits per heavy atom. The van der Waals surface area contributed by atoms with Crippen LogP contribution in [-0.4, -0.2) is 35.6 Å². The minimum absolute atomic E-state index is 0.0270. The van der Waals surface area contributed by atoms with E-state index in [4.69, 9.17) is 32.7 Å². The molecule has 1 atom stereocenters. The molecular weight excluding hydrogens is 493 g/mol. The fraction of sp³-hybridized carbons (Fsp3) is 0.154. The number of methoxy groups -OCH3 is 1. The number of carbonyl (C=O) groups excluding carboxylic acids is 2. The van der Waals surface area contributed by atoms with Gasteiger partial charge >= 0.3 is 0 Å². The molecule has 0 aromatic heterocycles. The van der Waals surface area contributed by atoms with Crippen molar-refractivity contribution in [1.29, 1.82) is 0 Å². The third-order valence-corrected chi connectivity index (χ3v) is 6.22. The van der Waals surface area contributed by atoms with Crippen molar-refractivity contribution in [2.45, 2.75) is 13.0 Å². The highest BCUT2D eigenvalue weighted by molar-refractivity contribution is 6.52. The number of phenols is 1. The first kappa shape index (κ1) is 24.4. The summed E-state index contributed by atoms with van der Waals surface area (Å²) in [6.07, 6.45) is 0. The van der Waals surface area contributed by atoms with Crippen LogP contribution in [0.4, 0.5) is 5.69 Å². The third kappa shape index (κ3) is 4.52. The Morgan fingerprint density at radius 1 is 0.971 bits per heavy atom. The quantitative estimate of drug-likeness (QED) is 0.248. The first-order valence-electron chi connectivity index (χ1n) is 10.6. The molecule has 1 saturated heterocycles. The number of hydrogen-bond donors (Lipinski definition) is 2. The molecule has 3 aromatic carbocycles. The number of rotatable bonds is 6. The Bertz CT molecular complexity index is 1340. The molecule has 2 N–H and O–H groups in total. The predicted molar refractivity (Wildman–Crippen MR) is 134 cm³/mol. The number of nitrogens with zero attached hydrogens (tertiary/aromatic N) is 1. The second kappa shape index (κ2) is 9.90. The maximum atomic E-state index is 13.3. The zero-order chi connectivity index (χ0) is 25.3. The van der Waals surface area contributed by atoms with Crippen molar-refractivity contribution < 1.29 is 29.3 Å². The van der Waals surface area contributed by atoms with Crippen molar-refractivity contribution >= 4 is 46.3 Å². The van der Waals surface area contributed by atoms with E-state index >= 15 is 0 Å². The molecule has 7 nitrogen and oxygen atoms in total. The molecule has 1 unspecified atom stereocenters. The van der Waals surface area contributed by atoms with Crippen LogP contribution in [0.3, 0.4) is 0 Å². The third-order valence-electron chi connectivity index (χ3n) is 5.59. The van der Waals surface area contributed by atoms with Crippen molar-refractivity contribution in [3.63, 3.8) is 0 Å². The summed E-state index contributed by atoms with van der Waals surface area (Å²) in [6, 6.07) is 14.5. The van der Waals surface area contributed by atoms with Gasteiger partial charge in [0.1, 0.15) is 23.0 Å².